The fourth-order valence-corrected chi connectivity index (χ4v) is 9.50. The van der Waals surface area contributed by atoms with Crippen LogP contribution in [0.15, 0.2) is 0 Å². The number of aliphatic hydroxyl groups is 1. The quantitative estimate of drug-likeness (QED) is 0.348. The molecule has 0 amide bonds. The van der Waals surface area contributed by atoms with E-state index in [1.807, 2.05) is 0 Å². The van der Waals surface area contributed by atoms with Gasteiger partial charge in [0.15, 0.2) is 0 Å². The van der Waals surface area contributed by atoms with Crippen molar-refractivity contribution in [1.29, 1.82) is 0 Å². The maximum atomic E-state index is 11.0. The van der Waals surface area contributed by atoms with Crippen LogP contribution in [0.5, 0.6) is 0 Å². The van der Waals surface area contributed by atoms with Gasteiger partial charge in [0.25, 0.3) is 5.09 Å². The zero-order chi connectivity index (χ0) is 23.3. The Morgan fingerprint density at radius 3 is 2.44 bits per heavy atom. The summed E-state index contributed by atoms with van der Waals surface area (Å²) in [4.78, 5) is 16.0. The first kappa shape index (κ1) is 24.3. The van der Waals surface area contributed by atoms with Gasteiger partial charge in [-0.2, -0.15) is 0 Å². The highest BCUT2D eigenvalue weighted by Gasteiger charge is 2.61. The van der Waals surface area contributed by atoms with E-state index in [1.54, 1.807) is 0 Å². The first-order chi connectivity index (χ1) is 15.1. The average Bonchev–Trinajstić information content (AvgIpc) is 3.05. The molecule has 184 valence electrons. The summed E-state index contributed by atoms with van der Waals surface area (Å²) < 4.78 is 0. The van der Waals surface area contributed by atoms with Crippen molar-refractivity contribution in [2.45, 2.75) is 117 Å². The molecule has 4 aliphatic carbocycles. The second-order valence-electron chi connectivity index (χ2n) is 13.1. The molecule has 1 unspecified atom stereocenters. The van der Waals surface area contributed by atoms with Gasteiger partial charge in [-0.25, -0.2) is 0 Å². The van der Waals surface area contributed by atoms with Crippen molar-refractivity contribution >= 4 is 0 Å². The van der Waals surface area contributed by atoms with Crippen LogP contribution in [0.1, 0.15) is 105 Å². The Bertz CT molecular complexity index is 683. The van der Waals surface area contributed by atoms with E-state index in [0.29, 0.717) is 30.1 Å². The maximum absolute atomic E-state index is 11.0. The Morgan fingerprint density at radius 2 is 1.75 bits per heavy atom. The molecular weight excluding hydrogens is 402 g/mol. The van der Waals surface area contributed by atoms with Crippen LogP contribution in [-0.2, 0) is 4.84 Å². The zero-order valence-electron chi connectivity index (χ0n) is 21.1. The lowest BCUT2D eigenvalue weighted by Gasteiger charge is -2.61. The Morgan fingerprint density at radius 1 is 1.03 bits per heavy atom. The van der Waals surface area contributed by atoms with Gasteiger partial charge >= 0.3 is 0 Å². The van der Waals surface area contributed by atoms with Gasteiger partial charge in [0.05, 0.1) is 6.10 Å². The fourth-order valence-electron chi connectivity index (χ4n) is 9.50. The Hall–Kier alpha value is -0.840. The van der Waals surface area contributed by atoms with Crippen molar-refractivity contribution in [3.63, 3.8) is 0 Å². The number of fused-ring (bicyclic) bond motifs is 5. The van der Waals surface area contributed by atoms with Crippen LogP contribution in [0.3, 0.4) is 0 Å². The molecule has 0 aliphatic heterocycles. The third-order valence-corrected chi connectivity index (χ3v) is 11.1. The summed E-state index contributed by atoms with van der Waals surface area (Å²) in [7, 11) is 0. The molecule has 4 fully saturated rings. The molecule has 4 saturated carbocycles. The van der Waals surface area contributed by atoms with E-state index >= 15 is 0 Å². The number of hydrogen-bond donors (Lipinski definition) is 1. The van der Waals surface area contributed by atoms with Crippen LogP contribution in [0.2, 0.25) is 0 Å². The minimum absolute atomic E-state index is 0.0606. The second kappa shape index (κ2) is 9.07. The van der Waals surface area contributed by atoms with E-state index in [0.717, 1.165) is 29.6 Å². The molecule has 5 heteroatoms. The molecule has 32 heavy (non-hydrogen) atoms. The minimum Gasteiger partial charge on any atom is -0.391 e. The van der Waals surface area contributed by atoms with Crippen LogP contribution < -0.4 is 0 Å². The first-order valence-electron chi connectivity index (χ1n) is 13.6. The van der Waals surface area contributed by atoms with Crippen LogP contribution in [0.4, 0.5) is 0 Å². The summed E-state index contributed by atoms with van der Waals surface area (Å²) in [5.74, 6) is 5.12. The summed E-state index contributed by atoms with van der Waals surface area (Å²) >= 11 is 0. The zero-order valence-corrected chi connectivity index (χ0v) is 21.1. The molecule has 5 nitrogen and oxygen atoms in total. The summed E-state index contributed by atoms with van der Waals surface area (Å²) in [6.07, 6.45) is 11.8. The van der Waals surface area contributed by atoms with Crippen LogP contribution >= 0.6 is 0 Å². The van der Waals surface area contributed by atoms with Gasteiger partial charge < -0.3 is 9.94 Å². The van der Waals surface area contributed by atoms with Crippen LogP contribution in [-0.4, -0.2) is 22.4 Å². The fraction of sp³-hybridized carbons (Fsp3) is 1.00. The SMILES string of the molecule is CC(C)CCC[C@@H](C)[C@H]1CC[C@H]2[C@@H]3CCC4C[C@H](O)[C@@H](O[N+](=O)[O-])C[C@]4(C)[C@H]3CC[C@]12C. The van der Waals surface area contributed by atoms with E-state index in [2.05, 4.69) is 34.6 Å². The van der Waals surface area contributed by atoms with Crippen molar-refractivity contribution < 1.29 is 15.0 Å². The van der Waals surface area contributed by atoms with Gasteiger partial charge in [-0.1, -0.05) is 53.9 Å². The smallest absolute Gasteiger partial charge is 0.294 e. The Balaban J connectivity index is 1.48. The predicted molar refractivity (Wildman–Crippen MR) is 126 cm³/mol. The van der Waals surface area contributed by atoms with Crippen molar-refractivity contribution in [2.24, 2.45) is 52.3 Å². The average molecular weight is 450 g/mol. The van der Waals surface area contributed by atoms with Crippen LogP contribution in [0, 0.1) is 62.4 Å². The van der Waals surface area contributed by atoms with Gasteiger partial charge in [-0.3, -0.25) is 0 Å². The molecule has 0 aromatic rings. The molecule has 1 N–H and O–H groups in total. The summed E-state index contributed by atoms with van der Waals surface area (Å²) in [5, 5.41) is 20.9. The van der Waals surface area contributed by atoms with Gasteiger partial charge in [-0.15, -0.1) is 10.1 Å². The van der Waals surface area contributed by atoms with Gasteiger partial charge in [0, 0.05) is 0 Å². The largest absolute Gasteiger partial charge is 0.391 e. The molecule has 0 aromatic carbocycles. The topological polar surface area (TPSA) is 72.6 Å². The molecule has 0 heterocycles. The van der Waals surface area contributed by atoms with Crippen LogP contribution in [0.25, 0.3) is 0 Å². The number of hydrogen-bond acceptors (Lipinski definition) is 4. The Kier molecular flexibility index (Phi) is 6.89. The number of rotatable bonds is 7. The van der Waals surface area contributed by atoms with Gasteiger partial charge in [0.1, 0.15) is 6.10 Å². The highest BCUT2D eigenvalue weighted by molar-refractivity contribution is 5.10. The monoisotopic (exact) mass is 449 g/mol. The third kappa shape index (κ3) is 4.20. The number of aliphatic hydroxyl groups excluding tert-OH is 1. The van der Waals surface area contributed by atoms with Gasteiger partial charge in [-0.05, 0) is 104 Å². The van der Waals surface area contributed by atoms with Crippen molar-refractivity contribution in [2.75, 3.05) is 0 Å². The summed E-state index contributed by atoms with van der Waals surface area (Å²) in [6, 6.07) is 0. The van der Waals surface area contributed by atoms with E-state index in [4.69, 9.17) is 4.84 Å². The Labute approximate surface area is 195 Å². The second-order valence-corrected chi connectivity index (χ2v) is 13.1. The molecule has 0 saturated heterocycles. The lowest BCUT2D eigenvalue weighted by Crippen LogP contribution is -2.57. The van der Waals surface area contributed by atoms with E-state index in [1.165, 1.54) is 57.8 Å². The predicted octanol–water partition coefficient (Wildman–Crippen LogP) is 6.66. The molecule has 0 aromatic heterocycles. The highest BCUT2D eigenvalue weighted by atomic mass is 17.0. The molecule has 0 radical (unpaired) electrons. The molecule has 0 bridgehead atoms. The van der Waals surface area contributed by atoms with E-state index < -0.39 is 17.3 Å². The van der Waals surface area contributed by atoms with E-state index in [-0.39, 0.29) is 5.41 Å². The standard InChI is InChI=1S/C27H47NO4/c1-17(2)7-6-8-18(3)21-11-12-22-20-10-9-19-15-24(29)25(32-28(30)31)16-27(19,5)23(20)13-14-26(21,22)4/h17-25,29H,6-16H2,1-5H3/t18-,19?,20+,21-,22+,23+,24+,25+,26-,27+/m1/s1. The molecule has 10 atom stereocenters. The van der Waals surface area contributed by atoms with E-state index in [9.17, 15) is 15.2 Å². The number of nitrogens with zero attached hydrogens (tertiary/aromatic N) is 1. The molecule has 4 rings (SSSR count). The lowest BCUT2D eigenvalue weighted by atomic mass is 9.44. The first-order valence-corrected chi connectivity index (χ1v) is 13.6. The third-order valence-electron chi connectivity index (χ3n) is 11.1. The molecular formula is C27H47NO4. The molecule has 0 spiro atoms. The van der Waals surface area contributed by atoms with Crippen molar-refractivity contribution in [3.8, 4) is 0 Å². The van der Waals surface area contributed by atoms with Crippen molar-refractivity contribution in [3.05, 3.63) is 10.1 Å². The highest BCUT2D eigenvalue weighted by Crippen LogP contribution is 2.68. The normalized spacial score (nSPS) is 46.8. The lowest BCUT2D eigenvalue weighted by molar-refractivity contribution is -0.772. The summed E-state index contributed by atoms with van der Waals surface area (Å²) in [6.45, 7) is 12.2. The summed E-state index contributed by atoms with van der Waals surface area (Å²) in [5.41, 5.74) is 0.525. The maximum Gasteiger partial charge on any atom is 0.294 e. The van der Waals surface area contributed by atoms with Crippen molar-refractivity contribution in [1.82, 2.24) is 0 Å². The van der Waals surface area contributed by atoms with Gasteiger partial charge in [0.2, 0.25) is 0 Å². The molecule has 4 aliphatic rings. The minimum atomic E-state index is -0.702.